The summed E-state index contributed by atoms with van der Waals surface area (Å²) in [6.07, 6.45) is -0.199. The van der Waals surface area contributed by atoms with Gasteiger partial charge in [-0.1, -0.05) is 12.1 Å². The molecule has 0 aliphatic carbocycles. The van der Waals surface area contributed by atoms with Gasteiger partial charge in [0.2, 0.25) is 15.9 Å². The van der Waals surface area contributed by atoms with Gasteiger partial charge < -0.3 is 5.32 Å². The number of primary sulfonamides is 1. The fourth-order valence-electron chi connectivity index (χ4n) is 1.13. The van der Waals surface area contributed by atoms with Crippen LogP contribution in [-0.2, 0) is 21.4 Å². The highest BCUT2D eigenvalue weighted by Crippen LogP contribution is 2.08. The van der Waals surface area contributed by atoms with Gasteiger partial charge in [-0.3, -0.25) is 4.79 Å². The molecule has 0 heterocycles. The van der Waals surface area contributed by atoms with Crippen LogP contribution in [0.3, 0.4) is 0 Å². The van der Waals surface area contributed by atoms with Crippen LogP contribution in [0.15, 0.2) is 29.2 Å². The molecule has 90 valence electrons. The fourth-order valence-corrected chi connectivity index (χ4v) is 1.65. The topological polar surface area (TPSA) is 113 Å². The maximum Gasteiger partial charge on any atom is 0.238 e. The van der Waals surface area contributed by atoms with Gasteiger partial charge in [-0.05, 0) is 17.7 Å². The van der Waals surface area contributed by atoms with Crippen molar-refractivity contribution in [1.82, 2.24) is 5.32 Å². The third-order valence-electron chi connectivity index (χ3n) is 1.98. The second-order valence-electron chi connectivity index (χ2n) is 3.30. The zero-order valence-electron chi connectivity index (χ0n) is 8.88. The summed E-state index contributed by atoms with van der Waals surface area (Å²) in [7, 11) is -3.69. The van der Waals surface area contributed by atoms with Crippen molar-refractivity contribution in [1.29, 1.82) is 5.26 Å². The normalized spacial score (nSPS) is 10.6. The molecule has 0 radical (unpaired) electrons. The van der Waals surface area contributed by atoms with E-state index in [2.05, 4.69) is 5.32 Å². The third-order valence-corrected chi connectivity index (χ3v) is 2.91. The molecule has 0 saturated heterocycles. The SMILES string of the molecule is N#CCC(=O)NCc1ccc(S(N)(=O)=O)cc1. The Balaban J connectivity index is 2.64. The first-order chi connectivity index (χ1) is 7.93. The first-order valence-electron chi connectivity index (χ1n) is 4.69. The van der Waals surface area contributed by atoms with Crippen LogP contribution in [0.4, 0.5) is 0 Å². The molecule has 0 fully saturated rings. The van der Waals surface area contributed by atoms with Gasteiger partial charge in [0.15, 0.2) is 0 Å². The number of nitriles is 1. The summed E-state index contributed by atoms with van der Waals surface area (Å²) < 4.78 is 21.9. The Kier molecular flexibility index (Phi) is 4.20. The van der Waals surface area contributed by atoms with Crippen molar-refractivity contribution >= 4 is 15.9 Å². The average Bonchev–Trinajstić information content (AvgIpc) is 2.26. The first kappa shape index (κ1) is 13.2. The fraction of sp³-hybridized carbons (Fsp3) is 0.200. The highest BCUT2D eigenvalue weighted by atomic mass is 32.2. The van der Waals surface area contributed by atoms with E-state index in [0.29, 0.717) is 0 Å². The molecule has 6 nitrogen and oxygen atoms in total. The molecular weight excluding hydrogens is 242 g/mol. The molecule has 1 aromatic rings. The van der Waals surface area contributed by atoms with E-state index in [4.69, 9.17) is 10.4 Å². The Hall–Kier alpha value is -1.91. The average molecular weight is 253 g/mol. The molecule has 0 saturated carbocycles. The molecule has 0 aliphatic heterocycles. The Morgan fingerprint density at radius 2 is 1.94 bits per heavy atom. The maximum atomic E-state index is 11.0. The predicted octanol–water partition coefficient (Wildman–Crippen LogP) is -0.136. The second-order valence-corrected chi connectivity index (χ2v) is 4.86. The number of benzene rings is 1. The van der Waals surface area contributed by atoms with E-state index in [1.54, 1.807) is 18.2 Å². The van der Waals surface area contributed by atoms with Gasteiger partial charge in [-0.2, -0.15) is 5.26 Å². The molecular formula is C10H11N3O3S. The van der Waals surface area contributed by atoms with Gasteiger partial charge in [0.05, 0.1) is 11.0 Å². The van der Waals surface area contributed by atoms with Gasteiger partial charge in [0, 0.05) is 6.54 Å². The summed E-state index contributed by atoms with van der Waals surface area (Å²) >= 11 is 0. The summed E-state index contributed by atoms with van der Waals surface area (Å²) in [5.74, 6) is -0.372. The number of hydrogen-bond donors (Lipinski definition) is 2. The zero-order chi connectivity index (χ0) is 12.9. The monoisotopic (exact) mass is 253 g/mol. The summed E-state index contributed by atoms with van der Waals surface area (Å²) in [6, 6.07) is 7.55. The van der Waals surface area contributed by atoms with Crippen molar-refractivity contribution in [2.24, 2.45) is 5.14 Å². The van der Waals surface area contributed by atoms with Crippen molar-refractivity contribution in [3.05, 3.63) is 29.8 Å². The van der Waals surface area contributed by atoms with E-state index in [-0.39, 0.29) is 23.8 Å². The second kappa shape index (κ2) is 5.43. The van der Waals surface area contributed by atoms with E-state index < -0.39 is 10.0 Å². The first-order valence-corrected chi connectivity index (χ1v) is 6.23. The molecule has 0 spiro atoms. The van der Waals surface area contributed by atoms with Gasteiger partial charge in [0.25, 0.3) is 0 Å². The molecule has 0 bridgehead atoms. The number of nitrogens with zero attached hydrogens (tertiary/aromatic N) is 1. The Labute approximate surface area is 99.1 Å². The quantitative estimate of drug-likeness (QED) is 0.777. The van der Waals surface area contributed by atoms with Gasteiger partial charge in [-0.15, -0.1) is 0 Å². The number of nitrogens with one attached hydrogen (secondary N) is 1. The van der Waals surface area contributed by atoms with E-state index in [1.165, 1.54) is 12.1 Å². The van der Waals surface area contributed by atoms with E-state index in [9.17, 15) is 13.2 Å². The Bertz CT molecular complexity index is 543. The summed E-state index contributed by atoms with van der Waals surface area (Å²) in [4.78, 5) is 11.0. The van der Waals surface area contributed by atoms with Crippen molar-refractivity contribution in [2.75, 3.05) is 0 Å². The lowest BCUT2D eigenvalue weighted by molar-refractivity contribution is -0.120. The van der Waals surface area contributed by atoms with Crippen LogP contribution in [0.25, 0.3) is 0 Å². The van der Waals surface area contributed by atoms with Crippen LogP contribution in [0.2, 0.25) is 0 Å². The summed E-state index contributed by atoms with van der Waals surface area (Å²) in [6.45, 7) is 0.241. The van der Waals surface area contributed by atoms with Crippen LogP contribution in [-0.4, -0.2) is 14.3 Å². The standard InChI is InChI=1S/C10H11N3O3S/c11-6-5-10(14)13-7-8-1-3-9(4-2-8)17(12,15)16/h1-4H,5,7H2,(H,13,14)(H2,12,15,16). The van der Waals surface area contributed by atoms with Crippen LogP contribution < -0.4 is 10.5 Å². The predicted molar refractivity (Wildman–Crippen MR) is 59.9 cm³/mol. The largest absolute Gasteiger partial charge is 0.351 e. The van der Waals surface area contributed by atoms with Gasteiger partial charge in [-0.25, -0.2) is 13.6 Å². The van der Waals surface area contributed by atoms with Crippen LogP contribution >= 0.6 is 0 Å². The van der Waals surface area contributed by atoms with E-state index >= 15 is 0 Å². The van der Waals surface area contributed by atoms with Crippen molar-refractivity contribution in [3.8, 4) is 6.07 Å². The Morgan fingerprint density at radius 3 is 2.41 bits per heavy atom. The number of hydrogen-bond acceptors (Lipinski definition) is 4. The van der Waals surface area contributed by atoms with Crippen LogP contribution in [0.1, 0.15) is 12.0 Å². The molecule has 17 heavy (non-hydrogen) atoms. The van der Waals surface area contributed by atoms with Crippen molar-refractivity contribution < 1.29 is 13.2 Å². The minimum atomic E-state index is -3.69. The Morgan fingerprint density at radius 1 is 1.35 bits per heavy atom. The highest BCUT2D eigenvalue weighted by molar-refractivity contribution is 7.89. The summed E-state index contributed by atoms with van der Waals surface area (Å²) in [5, 5.41) is 15.7. The molecule has 3 N–H and O–H groups in total. The van der Waals surface area contributed by atoms with Crippen LogP contribution in [0.5, 0.6) is 0 Å². The minimum absolute atomic E-state index is 0.0181. The van der Waals surface area contributed by atoms with Gasteiger partial charge >= 0.3 is 0 Å². The minimum Gasteiger partial charge on any atom is -0.351 e. The van der Waals surface area contributed by atoms with Crippen LogP contribution in [0, 0.1) is 11.3 Å². The van der Waals surface area contributed by atoms with Gasteiger partial charge in [0.1, 0.15) is 6.42 Å². The number of carbonyl (C=O) groups excluding carboxylic acids is 1. The number of sulfonamides is 1. The van der Waals surface area contributed by atoms with E-state index in [1.807, 2.05) is 0 Å². The molecule has 0 unspecified atom stereocenters. The molecule has 7 heteroatoms. The number of carbonyl (C=O) groups is 1. The molecule has 0 atom stereocenters. The third kappa shape index (κ3) is 4.22. The molecule has 1 amide bonds. The lowest BCUT2D eigenvalue weighted by Crippen LogP contribution is -2.21. The smallest absolute Gasteiger partial charge is 0.238 e. The molecule has 1 aromatic carbocycles. The number of amides is 1. The summed E-state index contributed by atoms with van der Waals surface area (Å²) in [5.41, 5.74) is 0.726. The highest BCUT2D eigenvalue weighted by Gasteiger charge is 2.06. The maximum absolute atomic E-state index is 11.0. The van der Waals surface area contributed by atoms with Crippen molar-refractivity contribution in [2.45, 2.75) is 17.9 Å². The molecule has 1 rings (SSSR count). The lowest BCUT2D eigenvalue weighted by Gasteiger charge is -2.04. The molecule has 0 aromatic heterocycles. The number of nitrogens with two attached hydrogens (primary N) is 1. The van der Waals surface area contributed by atoms with Crippen molar-refractivity contribution in [3.63, 3.8) is 0 Å². The van der Waals surface area contributed by atoms with E-state index in [0.717, 1.165) is 5.56 Å². The lowest BCUT2D eigenvalue weighted by atomic mass is 10.2. The number of rotatable bonds is 4. The zero-order valence-corrected chi connectivity index (χ0v) is 9.70. The molecule has 0 aliphatic rings.